The van der Waals surface area contributed by atoms with E-state index in [-0.39, 0.29) is 12.1 Å². The number of nitrogens with two attached hydrogens (primary N) is 1. The van der Waals surface area contributed by atoms with Crippen molar-refractivity contribution < 1.29 is 14.3 Å². The quantitative estimate of drug-likeness (QED) is 0.857. The molecule has 1 aliphatic heterocycles. The third kappa shape index (κ3) is 6.38. The smallest absolute Gasteiger partial charge is 0.407 e. The standard InChI is InChI=1S/C19H29N3O3/c1-19(2,3)25-18(24)21-12-16-6-4-5-11-22(16)13-14-7-9-15(10-8-14)17(20)23/h7-10,16H,4-6,11-13H2,1-3H3,(H2,20,23)(H,21,24)/t16-/m0/s1. The van der Waals surface area contributed by atoms with Gasteiger partial charge in [0.15, 0.2) is 0 Å². The monoisotopic (exact) mass is 347 g/mol. The molecule has 1 saturated heterocycles. The lowest BCUT2D eigenvalue weighted by molar-refractivity contribution is 0.0492. The normalized spacial score (nSPS) is 18.6. The predicted octanol–water partition coefficient (Wildman–Crippen LogP) is 2.66. The lowest BCUT2D eigenvalue weighted by Crippen LogP contribution is -2.47. The molecule has 2 amide bonds. The van der Waals surface area contributed by atoms with Gasteiger partial charge in [0.2, 0.25) is 5.91 Å². The molecule has 0 aliphatic carbocycles. The number of amides is 2. The first kappa shape index (κ1) is 19.2. The van der Waals surface area contributed by atoms with E-state index in [9.17, 15) is 9.59 Å². The van der Waals surface area contributed by atoms with Crippen LogP contribution >= 0.6 is 0 Å². The second-order valence-corrected chi connectivity index (χ2v) is 7.56. The second-order valence-electron chi connectivity index (χ2n) is 7.56. The molecule has 25 heavy (non-hydrogen) atoms. The van der Waals surface area contributed by atoms with Crippen molar-refractivity contribution in [2.45, 2.75) is 58.2 Å². The Kier molecular flexibility index (Phi) is 6.42. The van der Waals surface area contributed by atoms with E-state index >= 15 is 0 Å². The molecule has 0 bridgehead atoms. The minimum atomic E-state index is -0.488. The highest BCUT2D eigenvalue weighted by Crippen LogP contribution is 2.20. The molecule has 6 heteroatoms. The number of rotatable bonds is 5. The summed E-state index contributed by atoms with van der Waals surface area (Å²) in [7, 11) is 0. The highest BCUT2D eigenvalue weighted by atomic mass is 16.6. The van der Waals surface area contributed by atoms with Crippen LogP contribution in [0.15, 0.2) is 24.3 Å². The van der Waals surface area contributed by atoms with Crippen LogP contribution in [0.25, 0.3) is 0 Å². The molecule has 0 saturated carbocycles. The summed E-state index contributed by atoms with van der Waals surface area (Å²) in [5.41, 5.74) is 6.45. The van der Waals surface area contributed by atoms with Gasteiger partial charge >= 0.3 is 6.09 Å². The van der Waals surface area contributed by atoms with Gasteiger partial charge in [0.05, 0.1) is 0 Å². The summed E-state index contributed by atoms with van der Waals surface area (Å²) in [6, 6.07) is 7.68. The summed E-state index contributed by atoms with van der Waals surface area (Å²) in [5, 5.41) is 2.88. The molecule has 6 nitrogen and oxygen atoms in total. The fourth-order valence-corrected chi connectivity index (χ4v) is 3.02. The van der Waals surface area contributed by atoms with Gasteiger partial charge < -0.3 is 15.8 Å². The average molecular weight is 347 g/mol. The highest BCUT2D eigenvalue weighted by molar-refractivity contribution is 5.92. The number of alkyl carbamates (subject to hydrolysis) is 1. The van der Waals surface area contributed by atoms with Crippen LogP contribution in [-0.2, 0) is 11.3 Å². The molecular formula is C19H29N3O3. The maximum atomic E-state index is 11.9. The number of ether oxygens (including phenoxy) is 1. The van der Waals surface area contributed by atoms with Gasteiger partial charge in [-0.05, 0) is 57.9 Å². The largest absolute Gasteiger partial charge is 0.444 e. The number of benzene rings is 1. The van der Waals surface area contributed by atoms with E-state index in [0.29, 0.717) is 12.1 Å². The maximum Gasteiger partial charge on any atom is 0.407 e. The molecule has 3 N–H and O–H groups in total. The first-order valence-corrected chi connectivity index (χ1v) is 8.84. The Morgan fingerprint density at radius 3 is 2.52 bits per heavy atom. The predicted molar refractivity (Wildman–Crippen MR) is 97.2 cm³/mol. The van der Waals surface area contributed by atoms with Crippen molar-refractivity contribution in [2.24, 2.45) is 5.73 Å². The third-order valence-corrected chi connectivity index (χ3v) is 4.25. The molecule has 0 unspecified atom stereocenters. The number of piperidine rings is 1. The molecule has 1 aromatic rings. The van der Waals surface area contributed by atoms with Gasteiger partial charge in [-0.3, -0.25) is 9.69 Å². The van der Waals surface area contributed by atoms with Crippen LogP contribution in [0.1, 0.15) is 56.0 Å². The Bertz CT molecular complexity index is 593. The lowest BCUT2D eigenvalue weighted by Gasteiger charge is -2.36. The third-order valence-electron chi connectivity index (χ3n) is 4.25. The van der Waals surface area contributed by atoms with Crippen molar-refractivity contribution >= 4 is 12.0 Å². The van der Waals surface area contributed by atoms with E-state index in [0.717, 1.165) is 37.9 Å². The SMILES string of the molecule is CC(C)(C)OC(=O)NC[C@@H]1CCCCN1Cc1ccc(C(N)=O)cc1. The van der Waals surface area contributed by atoms with Gasteiger partial charge in [0.1, 0.15) is 5.60 Å². The van der Waals surface area contributed by atoms with Gasteiger partial charge in [0.25, 0.3) is 0 Å². The molecular weight excluding hydrogens is 318 g/mol. The number of nitrogens with zero attached hydrogens (tertiary/aromatic N) is 1. The van der Waals surface area contributed by atoms with Crippen LogP contribution in [0.2, 0.25) is 0 Å². The van der Waals surface area contributed by atoms with Crippen LogP contribution in [0.5, 0.6) is 0 Å². The molecule has 1 atom stereocenters. The summed E-state index contributed by atoms with van der Waals surface area (Å²) in [5.74, 6) is -0.413. The summed E-state index contributed by atoms with van der Waals surface area (Å²) >= 11 is 0. The summed E-state index contributed by atoms with van der Waals surface area (Å²) < 4.78 is 5.31. The van der Waals surface area contributed by atoms with Crippen molar-refractivity contribution in [1.82, 2.24) is 10.2 Å². The minimum Gasteiger partial charge on any atom is -0.444 e. The van der Waals surface area contributed by atoms with Crippen molar-refractivity contribution in [3.05, 3.63) is 35.4 Å². The molecule has 1 aromatic carbocycles. The Hall–Kier alpha value is -2.08. The van der Waals surface area contributed by atoms with E-state index in [2.05, 4.69) is 10.2 Å². The topological polar surface area (TPSA) is 84.7 Å². The number of primary amides is 1. The van der Waals surface area contributed by atoms with Crippen LogP contribution in [0, 0.1) is 0 Å². The first-order valence-electron chi connectivity index (χ1n) is 8.84. The number of hydrogen-bond donors (Lipinski definition) is 2. The molecule has 2 rings (SSSR count). The first-order chi connectivity index (χ1) is 11.7. The number of carbonyl (C=O) groups is 2. The summed E-state index contributed by atoms with van der Waals surface area (Å²) in [6.07, 6.45) is 3.00. The van der Waals surface area contributed by atoms with Gasteiger partial charge in [-0.15, -0.1) is 0 Å². The van der Waals surface area contributed by atoms with E-state index in [1.54, 1.807) is 12.1 Å². The Balaban J connectivity index is 1.91. The highest BCUT2D eigenvalue weighted by Gasteiger charge is 2.24. The Labute approximate surface area is 149 Å². The molecule has 1 fully saturated rings. The minimum absolute atomic E-state index is 0.289. The van der Waals surface area contributed by atoms with Crippen molar-refractivity contribution in [1.29, 1.82) is 0 Å². The van der Waals surface area contributed by atoms with E-state index < -0.39 is 11.5 Å². The summed E-state index contributed by atoms with van der Waals surface area (Å²) in [6.45, 7) is 7.94. The number of nitrogens with one attached hydrogen (secondary N) is 1. The van der Waals surface area contributed by atoms with Gasteiger partial charge in [-0.2, -0.15) is 0 Å². The van der Waals surface area contributed by atoms with E-state index in [1.807, 2.05) is 32.9 Å². The second kappa shape index (κ2) is 8.34. The number of hydrogen-bond acceptors (Lipinski definition) is 4. The zero-order valence-corrected chi connectivity index (χ0v) is 15.4. The lowest BCUT2D eigenvalue weighted by atomic mass is 10.0. The molecule has 0 spiro atoms. The number of carbonyl (C=O) groups excluding carboxylic acids is 2. The summed E-state index contributed by atoms with van der Waals surface area (Å²) in [4.78, 5) is 25.4. The molecule has 0 aromatic heterocycles. The fourth-order valence-electron chi connectivity index (χ4n) is 3.02. The zero-order chi connectivity index (χ0) is 18.4. The van der Waals surface area contributed by atoms with Crippen LogP contribution in [-0.4, -0.2) is 41.6 Å². The van der Waals surface area contributed by atoms with Crippen LogP contribution in [0.3, 0.4) is 0 Å². The maximum absolute atomic E-state index is 11.9. The van der Waals surface area contributed by atoms with Crippen molar-refractivity contribution in [2.75, 3.05) is 13.1 Å². The number of likely N-dealkylation sites (tertiary alicyclic amines) is 1. The molecule has 1 aliphatic rings. The Morgan fingerprint density at radius 2 is 1.92 bits per heavy atom. The van der Waals surface area contributed by atoms with Crippen molar-refractivity contribution in [3.8, 4) is 0 Å². The average Bonchev–Trinajstić information content (AvgIpc) is 2.53. The van der Waals surface area contributed by atoms with Gasteiger partial charge in [0, 0.05) is 24.7 Å². The molecule has 138 valence electrons. The fraction of sp³-hybridized carbons (Fsp3) is 0.579. The van der Waals surface area contributed by atoms with Gasteiger partial charge in [-0.25, -0.2) is 4.79 Å². The molecule has 0 radical (unpaired) electrons. The zero-order valence-electron chi connectivity index (χ0n) is 15.4. The van der Waals surface area contributed by atoms with E-state index in [1.165, 1.54) is 0 Å². The van der Waals surface area contributed by atoms with Gasteiger partial charge in [-0.1, -0.05) is 18.6 Å². The Morgan fingerprint density at radius 1 is 1.24 bits per heavy atom. The molecule has 1 heterocycles. The van der Waals surface area contributed by atoms with Crippen molar-refractivity contribution in [3.63, 3.8) is 0 Å². The van der Waals surface area contributed by atoms with E-state index in [4.69, 9.17) is 10.5 Å². The van der Waals surface area contributed by atoms with Crippen LogP contribution < -0.4 is 11.1 Å². The van der Waals surface area contributed by atoms with Crippen LogP contribution in [0.4, 0.5) is 4.79 Å².